The van der Waals surface area contributed by atoms with E-state index in [1.54, 1.807) is 0 Å². The van der Waals surface area contributed by atoms with E-state index in [2.05, 4.69) is 26.5 Å². The van der Waals surface area contributed by atoms with E-state index < -0.39 is 0 Å². The Bertz CT molecular complexity index is 1170. The van der Waals surface area contributed by atoms with E-state index in [-0.39, 0.29) is 6.04 Å². The van der Waals surface area contributed by atoms with Gasteiger partial charge in [0.15, 0.2) is 5.65 Å². The highest BCUT2D eigenvalue weighted by Gasteiger charge is 2.26. The molecule has 1 aliphatic rings. The standard InChI is InChI=1S/C24H26N6O/c1-2-29-14-6-7-18(15-29)30-24-21(23(25)26-16-27-24)22(28-30)17-10-12-20(13-11-17)31-19-8-4-3-5-9-19/h3-5,8-13,16,18H,2,6-7,14-15H2,1H3,(H2,25,26,27)/t18-/m1/s1. The Labute approximate surface area is 181 Å². The van der Waals surface area contributed by atoms with Crippen LogP contribution in [0.1, 0.15) is 25.8 Å². The van der Waals surface area contributed by atoms with E-state index in [4.69, 9.17) is 15.6 Å². The number of rotatable bonds is 5. The number of nitrogens with zero attached hydrogens (tertiary/aromatic N) is 5. The van der Waals surface area contributed by atoms with Gasteiger partial charge in [0.2, 0.25) is 0 Å². The molecule has 0 aliphatic carbocycles. The van der Waals surface area contributed by atoms with Gasteiger partial charge in [-0.2, -0.15) is 5.10 Å². The number of para-hydroxylation sites is 1. The summed E-state index contributed by atoms with van der Waals surface area (Å²) in [6.07, 6.45) is 3.76. The highest BCUT2D eigenvalue weighted by molar-refractivity contribution is 5.98. The van der Waals surface area contributed by atoms with Gasteiger partial charge < -0.3 is 15.4 Å². The van der Waals surface area contributed by atoms with Gasteiger partial charge in [-0.3, -0.25) is 0 Å². The lowest BCUT2D eigenvalue weighted by Gasteiger charge is -2.31. The SMILES string of the molecule is CCN1CCC[C@@H](n2nc(-c3ccc(Oc4ccccc4)cc3)c3c(N)ncnc32)C1. The summed E-state index contributed by atoms with van der Waals surface area (Å²) in [6.45, 7) is 5.36. The Kier molecular flexibility index (Phi) is 5.26. The van der Waals surface area contributed by atoms with Gasteiger partial charge in [-0.15, -0.1) is 0 Å². The van der Waals surface area contributed by atoms with E-state index in [9.17, 15) is 0 Å². The molecule has 1 fully saturated rings. The number of anilines is 1. The summed E-state index contributed by atoms with van der Waals surface area (Å²) in [5.41, 5.74) is 8.86. The fourth-order valence-corrected chi connectivity index (χ4v) is 4.28. The molecule has 0 bridgehead atoms. The van der Waals surface area contributed by atoms with Gasteiger partial charge in [-0.1, -0.05) is 25.1 Å². The van der Waals surface area contributed by atoms with E-state index in [1.165, 1.54) is 6.33 Å². The van der Waals surface area contributed by atoms with Gasteiger partial charge in [0.05, 0.1) is 11.4 Å². The van der Waals surface area contributed by atoms with Crippen molar-refractivity contribution in [1.29, 1.82) is 0 Å². The molecule has 0 radical (unpaired) electrons. The van der Waals surface area contributed by atoms with Crippen LogP contribution in [0.4, 0.5) is 5.82 Å². The van der Waals surface area contributed by atoms with Gasteiger partial charge in [-0.25, -0.2) is 14.6 Å². The third-order valence-electron chi connectivity index (χ3n) is 5.90. The van der Waals surface area contributed by atoms with Crippen molar-refractivity contribution >= 4 is 16.9 Å². The van der Waals surface area contributed by atoms with Crippen LogP contribution in [0.5, 0.6) is 11.5 Å². The molecule has 5 rings (SSSR count). The molecule has 1 aliphatic heterocycles. The maximum Gasteiger partial charge on any atom is 0.164 e. The zero-order chi connectivity index (χ0) is 21.2. The monoisotopic (exact) mass is 414 g/mol. The number of likely N-dealkylation sites (tertiary alicyclic amines) is 1. The van der Waals surface area contributed by atoms with Gasteiger partial charge in [0.25, 0.3) is 0 Å². The number of piperidine rings is 1. The molecule has 1 saturated heterocycles. The van der Waals surface area contributed by atoms with Crippen molar-refractivity contribution in [3.05, 3.63) is 60.9 Å². The quantitative estimate of drug-likeness (QED) is 0.517. The van der Waals surface area contributed by atoms with Crippen molar-refractivity contribution in [2.45, 2.75) is 25.8 Å². The summed E-state index contributed by atoms with van der Waals surface area (Å²) in [5, 5.41) is 5.81. The molecule has 3 heterocycles. The van der Waals surface area contributed by atoms with Crippen LogP contribution < -0.4 is 10.5 Å². The summed E-state index contributed by atoms with van der Waals surface area (Å²) < 4.78 is 7.98. The van der Waals surface area contributed by atoms with Crippen LogP contribution in [0.3, 0.4) is 0 Å². The van der Waals surface area contributed by atoms with Gasteiger partial charge in [-0.05, 0) is 62.3 Å². The summed E-state index contributed by atoms with van der Waals surface area (Å²) in [5.74, 6) is 2.04. The molecule has 7 nitrogen and oxygen atoms in total. The molecule has 31 heavy (non-hydrogen) atoms. The first kappa shape index (κ1) is 19.5. The Balaban J connectivity index is 1.51. The van der Waals surface area contributed by atoms with Crippen LogP contribution in [0.25, 0.3) is 22.3 Å². The van der Waals surface area contributed by atoms with Crippen LogP contribution in [0.2, 0.25) is 0 Å². The number of fused-ring (bicyclic) bond motifs is 1. The van der Waals surface area contributed by atoms with Crippen molar-refractivity contribution in [3.8, 4) is 22.8 Å². The fraction of sp³-hybridized carbons (Fsp3) is 0.292. The minimum atomic E-state index is 0.278. The summed E-state index contributed by atoms with van der Waals surface area (Å²) in [6, 6.07) is 17.9. The average molecular weight is 415 g/mol. The second-order valence-electron chi connectivity index (χ2n) is 7.88. The predicted molar refractivity (Wildman–Crippen MR) is 122 cm³/mol. The lowest BCUT2D eigenvalue weighted by molar-refractivity contribution is 0.180. The molecule has 4 aromatic rings. The van der Waals surface area contributed by atoms with E-state index in [0.29, 0.717) is 5.82 Å². The van der Waals surface area contributed by atoms with Crippen LogP contribution in [0.15, 0.2) is 60.9 Å². The molecular weight excluding hydrogens is 388 g/mol. The normalized spacial score (nSPS) is 17.1. The number of hydrogen-bond acceptors (Lipinski definition) is 6. The van der Waals surface area contributed by atoms with Crippen LogP contribution in [-0.4, -0.2) is 44.3 Å². The van der Waals surface area contributed by atoms with Crippen LogP contribution in [-0.2, 0) is 0 Å². The molecule has 0 spiro atoms. The maximum atomic E-state index is 6.28. The fourth-order valence-electron chi connectivity index (χ4n) is 4.28. The summed E-state index contributed by atoms with van der Waals surface area (Å²) in [7, 11) is 0. The first-order chi connectivity index (χ1) is 15.2. The zero-order valence-electron chi connectivity index (χ0n) is 17.6. The van der Waals surface area contributed by atoms with Crippen molar-refractivity contribution in [1.82, 2.24) is 24.6 Å². The topological polar surface area (TPSA) is 82.1 Å². The van der Waals surface area contributed by atoms with Gasteiger partial charge in [0, 0.05) is 12.1 Å². The molecule has 0 amide bonds. The van der Waals surface area contributed by atoms with Gasteiger partial charge in [0.1, 0.15) is 29.3 Å². The Hall–Kier alpha value is -3.45. The van der Waals surface area contributed by atoms with Crippen LogP contribution >= 0.6 is 0 Å². The number of nitrogen functional groups attached to an aromatic ring is 1. The Morgan fingerprint density at radius 1 is 1.03 bits per heavy atom. The highest BCUT2D eigenvalue weighted by Crippen LogP contribution is 2.34. The molecule has 0 unspecified atom stereocenters. The number of likely N-dealkylation sites (N-methyl/N-ethyl adjacent to an activating group) is 1. The lowest BCUT2D eigenvalue weighted by Crippen LogP contribution is -2.36. The Morgan fingerprint density at radius 3 is 2.58 bits per heavy atom. The number of hydrogen-bond donors (Lipinski definition) is 1. The van der Waals surface area contributed by atoms with Crippen molar-refractivity contribution < 1.29 is 4.74 Å². The minimum Gasteiger partial charge on any atom is -0.457 e. The zero-order valence-corrected chi connectivity index (χ0v) is 17.6. The summed E-state index contributed by atoms with van der Waals surface area (Å²) in [4.78, 5) is 11.2. The molecule has 1 atom stereocenters. The maximum absolute atomic E-state index is 6.28. The number of benzene rings is 2. The molecule has 2 aromatic carbocycles. The lowest BCUT2D eigenvalue weighted by atomic mass is 10.1. The first-order valence-electron chi connectivity index (χ1n) is 10.8. The molecule has 2 aromatic heterocycles. The van der Waals surface area contributed by atoms with Crippen LogP contribution in [0, 0.1) is 0 Å². The third kappa shape index (κ3) is 3.84. The average Bonchev–Trinajstić information content (AvgIpc) is 3.21. The molecule has 158 valence electrons. The molecule has 2 N–H and O–H groups in total. The largest absolute Gasteiger partial charge is 0.457 e. The van der Waals surface area contributed by atoms with Gasteiger partial charge >= 0.3 is 0 Å². The number of ether oxygens (including phenoxy) is 1. The molecular formula is C24H26N6O. The molecule has 0 saturated carbocycles. The van der Waals surface area contributed by atoms with E-state index >= 15 is 0 Å². The number of nitrogens with two attached hydrogens (primary N) is 1. The molecule has 7 heteroatoms. The smallest absolute Gasteiger partial charge is 0.164 e. The van der Waals surface area contributed by atoms with Crippen molar-refractivity contribution in [3.63, 3.8) is 0 Å². The van der Waals surface area contributed by atoms with Crippen molar-refractivity contribution in [2.75, 3.05) is 25.4 Å². The first-order valence-corrected chi connectivity index (χ1v) is 10.8. The Morgan fingerprint density at radius 2 is 1.81 bits per heavy atom. The second kappa shape index (κ2) is 8.35. The van der Waals surface area contributed by atoms with Crippen molar-refractivity contribution in [2.24, 2.45) is 0 Å². The van der Waals surface area contributed by atoms with E-state index in [1.807, 2.05) is 54.6 Å². The minimum absolute atomic E-state index is 0.278. The van der Waals surface area contributed by atoms with E-state index in [0.717, 1.165) is 66.3 Å². The number of aromatic nitrogens is 4. The highest BCUT2D eigenvalue weighted by atomic mass is 16.5. The third-order valence-corrected chi connectivity index (χ3v) is 5.90. The predicted octanol–water partition coefficient (Wildman–Crippen LogP) is 4.52. The summed E-state index contributed by atoms with van der Waals surface area (Å²) >= 11 is 0. The second-order valence-corrected chi connectivity index (χ2v) is 7.88.